The lowest BCUT2D eigenvalue weighted by molar-refractivity contribution is -0.0313. The highest BCUT2D eigenvalue weighted by molar-refractivity contribution is 5.95. The quantitative estimate of drug-likeness (QED) is 0.634. The van der Waals surface area contributed by atoms with E-state index in [1.54, 1.807) is 19.1 Å². The van der Waals surface area contributed by atoms with Gasteiger partial charge in [0.25, 0.3) is 0 Å². The SMILES string of the molecule is CCOC(=O)c1cccc(COC(C)(C)CC)c1N. The van der Waals surface area contributed by atoms with Gasteiger partial charge in [-0.1, -0.05) is 19.1 Å². The third-order valence-electron chi connectivity index (χ3n) is 3.16. The lowest BCUT2D eigenvalue weighted by atomic mass is 10.1. The van der Waals surface area contributed by atoms with E-state index in [0.717, 1.165) is 12.0 Å². The molecule has 0 heterocycles. The van der Waals surface area contributed by atoms with Crippen LogP contribution < -0.4 is 5.73 Å². The first-order valence-corrected chi connectivity index (χ1v) is 6.59. The average molecular weight is 265 g/mol. The number of hydrogen-bond acceptors (Lipinski definition) is 4. The molecular weight excluding hydrogens is 242 g/mol. The number of hydrogen-bond donors (Lipinski definition) is 1. The van der Waals surface area contributed by atoms with Crippen LogP contribution in [0.2, 0.25) is 0 Å². The van der Waals surface area contributed by atoms with Crippen molar-refractivity contribution in [1.29, 1.82) is 0 Å². The van der Waals surface area contributed by atoms with Gasteiger partial charge in [-0.15, -0.1) is 0 Å². The molecule has 0 fully saturated rings. The Morgan fingerprint density at radius 3 is 2.58 bits per heavy atom. The summed E-state index contributed by atoms with van der Waals surface area (Å²) in [6.45, 7) is 8.61. The summed E-state index contributed by atoms with van der Waals surface area (Å²) in [5.74, 6) is -0.392. The molecular formula is C15H23NO3. The summed E-state index contributed by atoms with van der Waals surface area (Å²) in [5, 5.41) is 0. The number of ether oxygens (including phenoxy) is 2. The second-order valence-electron chi connectivity index (χ2n) is 5.00. The Morgan fingerprint density at radius 2 is 2.00 bits per heavy atom. The van der Waals surface area contributed by atoms with Crippen LogP contribution in [0.1, 0.15) is 50.0 Å². The fraction of sp³-hybridized carbons (Fsp3) is 0.533. The van der Waals surface area contributed by atoms with Gasteiger partial charge >= 0.3 is 5.97 Å². The molecule has 4 heteroatoms. The zero-order valence-corrected chi connectivity index (χ0v) is 12.2. The van der Waals surface area contributed by atoms with Gasteiger partial charge in [0.15, 0.2) is 0 Å². The Bertz CT molecular complexity index is 441. The second-order valence-corrected chi connectivity index (χ2v) is 5.00. The fourth-order valence-corrected chi connectivity index (χ4v) is 1.50. The summed E-state index contributed by atoms with van der Waals surface area (Å²) in [6.07, 6.45) is 0.907. The van der Waals surface area contributed by atoms with Crippen LogP contribution in [0.5, 0.6) is 0 Å². The predicted molar refractivity (Wildman–Crippen MR) is 76.0 cm³/mol. The first-order valence-electron chi connectivity index (χ1n) is 6.59. The lowest BCUT2D eigenvalue weighted by Crippen LogP contribution is -2.23. The molecule has 0 aromatic heterocycles. The van der Waals surface area contributed by atoms with Crippen molar-refractivity contribution in [3.63, 3.8) is 0 Å². The van der Waals surface area contributed by atoms with E-state index in [4.69, 9.17) is 15.2 Å². The number of nitrogens with two attached hydrogens (primary N) is 1. The van der Waals surface area contributed by atoms with Gasteiger partial charge in [0.2, 0.25) is 0 Å². The van der Waals surface area contributed by atoms with Crippen LogP contribution in [0.15, 0.2) is 18.2 Å². The molecule has 0 atom stereocenters. The van der Waals surface area contributed by atoms with Crippen molar-refractivity contribution in [2.24, 2.45) is 0 Å². The van der Waals surface area contributed by atoms with Crippen molar-refractivity contribution in [1.82, 2.24) is 0 Å². The summed E-state index contributed by atoms with van der Waals surface area (Å²) in [4.78, 5) is 11.7. The van der Waals surface area contributed by atoms with Crippen molar-refractivity contribution in [2.45, 2.75) is 46.3 Å². The molecule has 1 aromatic carbocycles. The number of esters is 1. The number of rotatable bonds is 6. The first kappa shape index (κ1) is 15.5. The molecule has 0 aliphatic heterocycles. The highest BCUT2D eigenvalue weighted by atomic mass is 16.5. The molecule has 4 nitrogen and oxygen atoms in total. The molecule has 0 saturated carbocycles. The molecule has 19 heavy (non-hydrogen) atoms. The largest absolute Gasteiger partial charge is 0.462 e. The Hall–Kier alpha value is -1.55. The number of benzene rings is 1. The minimum absolute atomic E-state index is 0.202. The molecule has 1 rings (SSSR count). The lowest BCUT2D eigenvalue weighted by Gasteiger charge is -2.24. The summed E-state index contributed by atoms with van der Waals surface area (Å²) < 4.78 is 10.8. The third-order valence-corrected chi connectivity index (χ3v) is 3.16. The van der Waals surface area contributed by atoms with Crippen LogP contribution in [-0.2, 0) is 16.1 Å². The van der Waals surface area contributed by atoms with Gasteiger partial charge in [0.1, 0.15) is 0 Å². The number of para-hydroxylation sites is 1. The average Bonchev–Trinajstić information content (AvgIpc) is 2.38. The van der Waals surface area contributed by atoms with E-state index < -0.39 is 5.97 Å². The molecule has 0 aliphatic rings. The Balaban J connectivity index is 2.86. The number of carbonyl (C=O) groups is 1. The monoisotopic (exact) mass is 265 g/mol. The Kier molecular flexibility index (Phi) is 5.36. The van der Waals surface area contributed by atoms with Crippen molar-refractivity contribution >= 4 is 11.7 Å². The topological polar surface area (TPSA) is 61.5 Å². The van der Waals surface area contributed by atoms with E-state index in [1.807, 2.05) is 19.9 Å². The molecule has 0 amide bonds. The van der Waals surface area contributed by atoms with E-state index >= 15 is 0 Å². The summed E-state index contributed by atoms with van der Waals surface area (Å²) in [5.41, 5.74) is 7.45. The van der Waals surface area contributed by atoms with E-state index in [-0.39, 0.29) is 5.60 Å². The maximum atomic E-state index is 11.7. The number of carbonyl (C=O) groups excluding carboxylic acids is 1. The second kappa shape index (κ2) is 6.57. The maximum Gasteiger partial charge on any atom is 0.340 e. The van der Waals surface area contributed by atoms with Gasteiger partial charge in [0, 0.05) is 5.56 Å². The van der Waals surface area contributed by atoms with E-state index in [0.29, 0.717) is 24.5 Å². The van der Waals surface area contributed by atoms with Crippen LogP contribution in [0.3, 0.4) is 0 Å². The zero-order valence-electron chi connectivity index (χ0n) is 12.2. The van der Waals surface area contributed by atoms with Crippen LogP contribution >= 0.6 is 0 Å². The van der Waals surface area contributed by atoms with Crippen molar-refractivity contribution in [3.8, 4) is 0 Å². The molecule has 106 valence electrons. The third kappa shape index (κ3) is 4.24. The van der Waals surface area contributed by atoms with Gasteiger partial charge in [-0.2, -0.15) is 0 Å². The van der Waals surface area contributed by atoms with Gasteiger partial charge in [-0.3, -0.25) is 0 Å². The van der Waals surface area contributed by atoms with Crippen molar-refractivity contribution in [2.75, 3.05) is 12.3 Å². The van der Waals surface area contributed by atoms with Crippen LogP contribution in [0.4, 0.5) is 5.69 Å². The van der Waals surface area contributed by atoms with Gasteiger partial charge in [-0.05, 0) is 33.3 Å². The minimum atomic E-state index is -0.392. The number of anilines is 1. The standard InChI is InChI=1S/C15H23NO3/c1-5-15(3,4)19-10-11-8-7-9-12(13(11)16)14(17)18-6-2/h7-9H,5-6,10,16H2,1-4H3. The molecule has 2 N–H and O–H groups in total. The predicted octanol–water partition coefficient (Wildman–Crippen LogP) is 3.15. The minimum Gasteiger partial charge on any atom is -0.462 e. The highest BCUT2D eigenvalue weighted by Crippen LogP contribution is 2.22. The van der Waals surface area contributed by atoms with Gasteiger partial charge in [-0.25, -0.2) is 4.79 Å². The Morgan fingerprint density at radius 1 is 1.32 bits per heavy atom. The molecule has 0 saturated heterocycles. The number of nitrogen functional groups attached to an aromatic ring is 1. The van der Waals surface area contributed by atoms with Crippen molar-refractivity contribution in [3.05, 3.63) is 29.3 Å². The summed E-state index contributed by atoms with van der Waals surface area (Å²) >= 11 is 0. The summed E-state index contributed by atoms with van der Waals surface area (Å²) in [6, 6.07) is 5.33. The Labute approximate surface area is 114 Å². The van der Waals surface area contributed by atoms with Crippen LogP contribution in [0, 0.1) is 0 Å². The first-order chi connectivity index (χ1) is 8.91. The van der Waals surface area contributed by atoms with E-state index in [9.17, 15) is 4.79 Å². The van der Waals surface area contributed by atoms with E-state index in [2.05, 4.69) is 6.92 Å². The molecule has 0 radical (unpaired) electrons. The van der Waals surface area contributed by atoms with Crippen LogP contribution in [-0.4, -0.2) is 18.2 Å². The van der Waals surface area contributed by atoms with Gasteiger partial charge < -0.3 is 15.2 Å². The van der Waals surface area contributed by atoms with Crippen LogP contribution in [0.25, 0.3) is 0 Å². The molecule has 0 aliphatic carbocycles. The summed E-state index contributed by atoms with van der Waals surface area (Å²) in [7, 11) is 0. The molecule has 0 bridgehead atoms. The molecule has 0 spiro atoms. The van der Waals surface area contributed by atoms with Crippen molar-refractivity contribution < 1.29 is 14.3 Å². The highest BCUT2D eigenvalue weighted by Gasteiger charge is 2.18. The smallest absolute Gasteiger partial charge is 0.340 e. The van der Waals surface area contributed by atoms with Gasteiger partial charge in [0.05, 0.1) is 30.1 Å². The molecule has 1 aromatic rings. The molecule has 0 unspecified atom stereocenters. The normalized spacial score (nSPS) is 11.4. The zero-order chi connectivity index (χ0) is 14.5. The fourth-order valence-electron chi connectivity index (χ4n) is 1.50. The maximum absolute atomic E-state index is 11.7. The van der Waals surface area contributed by atoms with E-state index in [1.165, 1.54) is 0 Å².